The van der Waals surface area contributed by atoms with Crippen LogP contribution in [-0.2, 0) is 22.4 Å². The van der Waals surface area contributed by atoms with Crippen molar-refractivity contribution in [1.29, 1.82) is 0 Å². The third-order valence-electron chi connectivity index (χ3n) is 6.32. The van der Waals surface area contributed by atoms with Crippen molar-refractivity contribution in [2.75, 3.05) is 28.8 Å². The van der Waals surface area contributed by atoms with Crippen LogP contribution in [0.5, 0.6) is 0 Å². The molecule has 1 heterocycles. The first-order valence-electron chi connectivity index (χ1n) is 12.8. The summed E-state index contributed by atoms with van der Waals surface area (Å²) in [6.45, 7) is 1.53. The summed E-state index contributed by atoms with van der Waals surface area (Å²) < 4.78 is 5.06. The number of carbonyl (C=O) groups excluding carboxylic acids is 3. The monoisotopic (exact) mass is 581 g/mol. The Labute approximate surface area is 242 Å². The summed E-state index contributed by atoms with van der Waals surface area (Å²) in [6, 6.07) is 14.7. The molecular weight excluding hydrogens is 551 g/mol. The molecule has 39 heavy (non-hydrogen) atoms. The van der Waals surface area contributed by atoms with E-state index in [1.807, 2.05) is 24.3 Å². The Morgan fingerprint density at radius 1 is 0.949 bits per heavy atom. The van der Waals surface area contributed by atoms with Gasteiger partial charge in [0.1, 0.15) is 5.00 Å². The van der Waals surface area contributed by atoms with Crippen LogP contribution >= 0.6 is 35.3 Å². The van der Waals surface area contributed by atoms with Crippen LogP contribution in [0.2, 0.25) is 0 Å². The maximum absolute atomic E-state index is 12.9. The van der Waals surface area contributed by atoms with Gasteiger partial charge in [-0.15, -0.1) is 23.1 Å². The quantitative estimate of drug-likeness (QED) is 0.114. The summed E-state index contributed by atoms with van der Waals surface area (Å²) in [4.78, 5) is 39.0. The van der Waals surface area contributed by atoms with Crippen molar-refractivity contribution in [2.24, 2.45) is 0 Å². The number of aryl methyl sites for hydroxylation is 1. The second-order valence-electron chi connectivity index (χ2n) is 9.19. The zero-order valence-electron chi connectivity index (χ0n) is 21.9. The van der Waals surface area contributed by atoms with Gasteiger partial charge >= 0.3 is 5.97 Å². The number of anilines is 3. The molecular formula is C29H31N3O4S3. The van der Waals surface area contributed by atoms with Gasteiger partial charge in [0.2, 0.25) is 5.91 Å². The molecule has 1 aliphatic rings. The highest BCUT2D eigenvalue weighted by Crippen LogP contribution is 2.37. The summed E-state index contributed by atoms with van der Waals surface area (Å²) in [7, 11) is 1.38. The van der Waals surface area contributed by atoms with E-state index in [4.69, 9.17) is 17.0 Å². The molecule has 204 valence electrons. The van der Waals surface area contributed by atoms with E-state index in [2.05, 4.69) is 16.0 Å². The molecule has 0 unspecified atom stereocenters. The highest BCUT2D eigenvalue weighted by molar-refractivity contribution is 8.00. The molecule has 1 aliphatic carbocycles. The highest BCUT2D eigenvalue weighted by atomic mass is 32.2. The molecule has 0 atom stereocenters. The topological polar surface area (TPSA) is 96.5 Å². The number of rotatable bonds is 8. The van der Waals surface area contributed by atoms with Gasteiger partial charge in [0, 0.05) is 26.7 Å². The van der Waals surface area contributed by atoms with Crippen LogP contribution in [-0.4, -0.2) is 35.6 Å². The van der Waals surface area contributed by atoms with Crippen LogP contribution in [0.15, 0.2) is 53.4 Å². The second-order valence-corrected chi connectivity index (χ2v) is 11.8. The van der Waals surface area contributed by atoms with E-state index in [-0.39, 0.29) is 17.4 Å². The average molecular weight is 582 g/mol. The van der Waals surface area contributed by atoms with Crippen molar-refractivity contribution >= 4 is 74.5 Å². The lowest BCUT2D eigenvalue weighted by Gasteiger charge is -2.12. The fourth-order valence-corrected chi connectivity index (χ4v) is 6.67. The van der Waals surface area contributed by atoms with Gasteiger partial charge in [0.25, 0.3) is 0 Å². The lowest BCUT2D eigenvalue weighted by atomic mass is 9.96. The summed E-state index contributed by atoms with van der Waals surface area (Å²) in [6.07, 6.45) is 6.22. The molecule has 10 heteroatoms. The van der Waals surface area contributed by atoms with Crippen molar-refractivity contribution in [2.45, 2.75) is 50.3 Å². The molecule has 1 amide bonds. The molecule has 0 saturated carbocycles. The number of amides is 1. The van der Waals surface area contributed by atoms with Crippen molar-refractivity contribution in [3.8, 4) is 0 Å². The van der Waals surface area contributed by atoms with Crippen molar-refractivity contribution < 1.29 is 19.1 Å². The number of fused-ring (bicyclic) bond motifs is 1. The molecule has 0 fully saturated rings. The predicted octanol–water partition coefficient (Wildman–Crippen LogP) is 6.94. The molecule has 0 radical (unpaired) electrons. The number of hydrogen-bond acceptors (Lipinski definition) is 7. The SMILES string of the molecule is COC(=O)c1c(NC(=O)CSc2cccc(NC(=S)Nc3ccc(C(C)=O)cc3)c2)sc2c1CCCCCC2. The number of ketones is 1. The number of methoxy groups -OCH3 is 1. The van der Waals surface area contributed by atoms with E-state index in [0.717, 1.165) is 53.9 Å². The number of ether oxygens (including phenoxy) is 1. The van der Waals surface area contributed by atoms with E-state index in [9.17, 15) is 14.4 Å². The molecule has 3 aromatic rings. The zero-order chi connectivity index (χ0) is 27.8. The van der Waals surface area contributed by atoms with Gasteiger partial charge in [-0.2, -0.15) is 0 Å². The average Bonchev–Trinajstić information content (AvgIpc) is 3.22. The van der Waals surface area contributed by atoms with E-state index in [1.54, 1.807) is 24.3 Å². The first-order chi connectivity index (χ1) is 18.8. The first kappa shape index (κ1) is 28.8. The van der Waals surface area contributed by atoms with Crippen LogP contribution < -0.4 is 16.0 Å². The Bertz CT molecular complexity index is 1370. The number of nitrogens with one attached hydrogen (secondary N) is 3. The fourth-order valence-electron chi connectivity index (χ4n) is 4.38. The van der Waals surface area contributed by atoms with Gasteiger partial charge in [0.05, 0.1) is 18.4 Å². The third-order valence-corrected chi connectivity index (χ3v) is 8.73. The molecule has 0 spiro atoms. The highest BCUT2D eigenvalue weighted by Gasteiger charge is 2.25. The maximum Gasteiger partial charge on any atom is 0.341 e. The Kier molecular flexibility index (Phi) is 10.1. The molecule has 0 saturated heterocycles. The number of thioether (sulfide) groups is 1. The summed E-state index contributed by atoms with van der Waals surface area (Å²) >= 11 is 8.32. The number of esters is 1. The van der Waals surface area contributed by atoms with Crippen LogP contribution in [0.1, 0.15) is 63.8 Å². The van der Waals surface area contributed by atoms with Crippen LogP contribution in [0.25, 0.3) is 0 Å². The Morgan fingerprint density at radius 2 is 1.67 bits per heavy atom. The lowest BCUT2D eigenvalue weighted by molar-refractivity contribution is -0.113. The number of carbonyl (C=O) groups is 3. The van der Waals surface area contributed by atoms with Crippen molar-refractivity contribution in [3.05, 3.63) is 70.1 Å². The summed E-state index contributed by atoms with van der Waals surface area (Å²) in [5.41, 5.74) is 3.74. The number of hydrogen-bond donors (Lipinski definition) is 3. The molecule has 0 bridgehead atoms. The van der Waals surface area contributed by atoms with Gasteiger partial charge in [-0.25, -0.2) is 4.79 Å². The number of thiophene rings is 1. The summed E-state index contributed by atoms with van der Waals surface area (Å²) in [5, 5.41) is 10.2. The molecule has 0 aliphatic heterocycles. The maximum atomic E-state index is 12.9. The van der Waals surface area contributed by atoms with E-state index in [1.165, 1.54) is 48.4 Å². The summed E-state index contributed by atoms with van der Waals surface area (Å²) in [5.74, 6) is -0.370. The van der Waals surface area contributed by atoms with E-state index < -0.39 is 5.97 Å². The molecule has 3 N–H and O–H groups in total. The van der Waals surface area contributed by atoms with Crippen molar-refractivity contribution in [1.82, 2.24) is 0 Å². The van der Waals surface area contributed by atoms with Gasteiger partial charge in [-0.1, -0.05) is 18.9 Å². The fraction of sp³-hybridized carbons (Fsp3) is 0.310. The Morgan fingerprint density at radius 3 is 2.38 bits per heavy atom. The van der Waals surface area contributed by atoms with Crippen molar-refractivity contribution in [3.63, 3.8) is 0 Å². The first-order valence-corrected chi connectivity index (χ1v) is 15.0. The third kappa shape index (κ3) is 7.90. The zero-order valence-corrected chi connectivity index (χ0v) is 24.4. The minimum atomic E-state index is -0.394. The minimum Gasteiger partial charge on any atom is -0.465 e. The van der Waals surface area contributed by atoms with Gasteiger partial charge < -0.3 is 20.7 Å². The van der Waals surface area contributed by atoms with Gasteiger partial charge in [-0.3, -0.25) is 9.59 Å². The van der Waals surface area contributed by atoms with Crippen LogP contribution in [0.3, 0.4) is 0 Å². The number of Topliss-reactive ketones (excluding diaryl/α,β-unsaturated/α-hetero) is 1. The standard InChI is InChI=1S/C29H31N3O4S3/c1-18(33)19-12-14-20(15-13-19)30-29(37)31-21-8-7-9-22(16-21)38-17-25(34)32-27-26(28(35)36-2)23-10-5-3-4-6-11-24(23)39-27/h7-9,12-16H,3-6,10-11,17H2,1-2H3,(H,32,34)(H2,30,31,37). The van der Waals surface area contributed by atoms with Crippen LogP contribution in [0, 0.1) is 0 Å². The van der Waals surface area contributed by atoms with E-state index >= 15 is 0 Å². The Hall–Kier alpha value is -3.21. The minimum absolute atomic E-state index is 0.00878. The molecule has 7 nitrogen and oxygen atoms in total. The van der Waals surface area contributed by atoms with E-state index in [0.29, 0.717) is 21.2 Å². The largest absolute Gasteiger partial charge is 0.465 e. The predicted molar refractivity (Wildman–Crippen MR) is 164 cm³/mol. The normalized spacial score (nSPS) is 12.9. The lowest BCUT2D eigenvalue weighted by Crippen LogP contribution is -2.19. The van der Waals surface area contributed by atoms with Gasteiger partial charge in [-0.05, 0) is 92.9 Å². The van der Waals surface area contributed by atoms with Crippen LogP contribution in [0.4, 0.5) is 16.4 Å². The molecule has 1 aromatic heterocycles. The number of thiocarbonyl (C=S) groups is 1. The number of benzene rings is 2. The smallest absolute Gasteiger partial charge is 0.341 e. The second kappa shape index (κ2) is 13.7. The molecule has 4 rings (SSSR count). The van der Waals surface area contributed by atoms with Gasteiger partial charge in [0.15, 0.2) is 10.9 Å². The Balaban J connectivity index is 1.35. The molecule has 2 aromatic carbocycles.